The highest BCUT2D eigenvalue weighted by molar-refractivity contribution is 9.10. The van der Waals surface area contributed by atoms with Crippen LogP contribution in [0, 0.1) is 12.7 Å². The Morgan fingerprint density at radius 1 is 1.29 bits per heavy atom. The predicted molar refractivity (Wildman–Crippen MR) is 88.0 cm³/mol. The third-order valence-electron chi connectivity index (χ3n) is 3.30. The molecule has 0 unspecified atom stereocenters. The zero-order chi connectivity index (χ0) is 15.1. The SMILES string of the molecule is Cc1ccc(Br)cc1-n1c(CCl)nc2cc(Cl)c(F)cc21. The minimum absolute atomic E-state index is 0.0548. The van der Waals surface area contributed by atoms with E-state index in [0.29, 0.717) is 16.9 Å². The van der Waals surface area contributed by atoms with Crippen molar-refractivity contribution < 1.29 is 4.39 Å². The number of aryl methyl sites for hydroxylation is 1. The number of imidazole rings is 1. The second kappa shape index (κ2) is 5.59. The Bertz CT molecular complexity index is 845. The van der Waals surface area contributed by atoms with Crippen LogP contribution < -0.4 is 0 Å². The van der Waals surface area contributed by atoms with Crippen LogP contribution in [0.2, 0.25) is 5.02 Å². The molecule has 2 aromatic carbocycles. The van der Waals surface area contributed by atoms with Crippen molar-refractivity contribution in [2.45, 2.75) is 12.8 Å². The van der Waals surface area contributed by atoms with Crippen LogP contribution in [0.25, 0.3) is 16.7 Å². The third-order valence-corrected chi connectivity index (χ3v) is 4.32. The van der Waals surface area contributed by atoms with Gasteiger partial charge in [0.1, 0.15) is 11.6 Å². The first-order chi connectivity index (χ1) is 10.0. The normalized spacial score (nSPS) is 11.3. The van der Waals surface area contributed by atoms with Crippen LogP contribution >= 0.6 is 39.1 Å². The van der Waals surface area contributed by atoms with Gasteiger partial charge in [0, 0.05) is 10.5 Å². The van der Waals surface area contributed by atoms with Crippen molar-refractivity contribution in [3.05, 3.63) is 57.0 Å². The maximum Gasteiger partial charge on any atom is 0.144 e. The number of nitrogens with zero attached hydrogens (tertiary/aromatic N) is 2. The molecule has 0 N–H and O–H groups in total. The number of aromatic nitrogens is 2. The Morgan fingerprint density at radius 3 is 2.76 bits per heavy atom. The van der Waals surface area contributed by atoms with Crippen LogP contribution in [0.3, 0.4) is 0 Å². The van der Waals surface area contributed by atoms with Gasteiger partial charge in [-0.1, -0.05) is 33.6 Å². The van der Waals surface area contributed by atoms with Crippen LogP contribution in [-0.2, 0) is 5.88 Å². The fourth-order valence-electron chi connectivity index (χ4n) is 2.30. The third kappa shape index (κ3) is 2.56. The molecule has 3 rings (SSSR count). The summed E-state index contributed by atoms with van der Waals surface area (Å²) < 4.78 is 16.6. The average molecular weight is 388 g/mol. The van der Waals surface area contributed by atoms with Gasteiger partial charge in [-0.3, -0.25) is 4.57 Å². The number of fused-ring (bicyclic) bond motifs is 1. The van der Waals surface area contributed by atoms with E-state index in [1.807, 2.05) is 29.7 Å². The molecule has 0 spiro atoms. The van der Waals surface area contributed by atoms with Gasteiger partial charge in [0.15, 0.2) is 0 Å². The van der Waals surface area contributed by atoms with Crippen LogP contribution in [-0.4, -0.2) is 9.55 Å². The highest BCUT2D eigenvalue weighted by Crippen LogP contribution is 2.29. The second-order valence-corrected chi connectivity index (χ2v) is 6.27. The number of rotatable bonds is 2. The first kappa shape index (κ1) is 14.8. The van der Waals surface area contributed by atoms with Gasteiger partial charge >= 0.3 is 0 Å². The van der Waals surface area contributed by atoms with Crippen LogP contribution in [0.1, 0.15) is 11.4 Å². The number of hydrogen-bond donors (Lipinski definition) is 0. The minimum atomic E-state index is -0.473. The van der Waals surface area contributed by atoms with Crippen molar-refractivity contribution >= 4 is 50.2 Å². The molecule has 0 aliphatic heterocycles. The van der Waals surface area contributed by atoms with Gasteiger partial charge in [0.2, 0.25) is 0 Å². The Balaban J connectivity index is 2.40. The lowest BCUT2D eigenvalue weighted by atomic mass is 10.2. The summed E-state index contributed by atoms with van der Waals surface area (Å²) in [7, 11) is 0. The molecule has 21 heavy (non-hydrogen) atoms. The van der Waals surface area contributed by atoms with E-state index in [9.17, 15) is 4.39 Å². The van der Waals surface area contributed by atoms with Crippen molar-refractivity contribution in [2.75, 3.05) is 0 Å². The molecular weight excluding hydrogens is 378 g/mol. The second-order valence-electron chi connectivity index (χ2n) is 4.68. The molecule has 0 bridgehead atoms. The Morgan fingerprint density at radius 2 is 2.05 bits per heavy atom. The van der Waals surface area contributed by atoms with Gasteiger partial charge in [0.25, 0.3) is 0 Å². The molecule has 0 aliphatic carbocycles. The lowest BCUT2D eigenvalue weighted by Gasteiger charge is -2.11. The number of alkyl halides is 1. The molecular formula is C15H10BrCl2FN2. The fraction of sp³-hybridized carbons (Fsp3) is 0.133. The highest BCUT2D eigenvalue weighted by atomic mass is 79.9. The molecule has 0 amide bonds. The smallest absolute Gasteiger partial charge is 0.144 e. The summed E-state index contributed by atoms with van der Waals surface area (Å²) in [5.41, 5.74) is 3.22. The van der Waals surface area contributed by atoms with Crippen LogP contribution in [0.4, 0.5) is 4.39 Å². The minimum Gasteiger partial charge on any atom is -0.295 e. The van der Waals surface area contributed by atoms with Gasteiger partial charge in [-0.15, -0.1) is 11.6 Å². The number of halogens is 4. The molecule has 0 saturated heterocycles. The fourth-order valence-corrected chi connectivity index (χ4v) is 2.99. The lowest BCUT2D eigenvalue weighted by Crippen LogP contribution is -2.01. The van der Waals surface area contributed by atoms with Gasteiger partial charge < -0.3 is 0 Å². The molecule has 0 saturated carbocycles. The first-order valence-electron chi connectivity index (χ1n) is 6.20. The van der Waals surface area contributed by atoms with E-state index in [-0.39, 0.29) is 10.9 Å². The predicted octanol–water partition coefficient (Wildman–Crippen LogP) is 5.63. The molecule has 108 valence electrons. The molecule has 0 fully saturated rings. The lowest BCUT2D eigenvalue weighted by molar-refractivity contribution is 0.629. The Labute approximate surface area is 139 Å². The van der Waals surface area contributed by atoms with Crippen LogP contribution in [0.15, 0.2) is 34.8 Å². The summed E-state index contributed by atoms with van der Waals surface area (Å²) in [6.07, 6.45) is 0. The maximum absolute atomic E-state index is 13.8. The zero-order valence-electron chi connectivity index (χ0n) is 11.0. The van der Waals surface area contributed by atoms with E-state index < -0.39 is 5.82 Å². The molecule has 6 heteroatoms. The molecule has 1 heterocycles. The highest BCUT2D eigenvalue weighted by Gasteiger charge is 2.16. The van der Waals surface area contributed by atoms with Gasteiger partial charge in [-0.2, -0.15) is 0 Å². The van der Waals surface area contributed by atoms with E-state index in [1.165, 1.54) is 12.1 Å². The topological polar surface area (TPSA) is 17.8 Å². The average Bonchev–Trinajstić information content (AvgIpc) is 2.79. The van der Waals surface area contributed by atoms with E-state index in [4.69, 9.17) is 23.2 Å². The van der Waals surface area contributed by atoms with Crippen molar-refractivity contribution in [1.29, 1.82) is 0 Å². The summed E-state index contributed by atoms with van der Waals surface area (Å²) >= 11 is 15.3. The Hall–Kier alpha value is -1.10. The summed E-state index contributed by atoms with van der Waals surface area (Å²) in [6.45, 7) is 1.98. The van der Waals surface area contributed by atoms with E-state index in [0.717, 1.165) is 15.7 Å². The monoisotopic (exact) mass is 386 g/mol. The molecule has 0 aliphatic rings. The molecule has 2 nitrogen and oxygen atoms in total. The van der Waals surface area contributed by atoms with Gasteiger partial charge in [-0.05, 0) is 30.7 Å². The van der Waals surface area contributed by atoms with Crippen molar-refractivity contribution in [2.24, 2.45) is 0 Å². The molecule has 3 aromatic rings. The van der Waals surface area contributed by atoms with Crippen LogP contribution in [0.5, 0.6) is 0 Å². The number of benzene rings is 2. The molecule has 0 atom stereocenters. The summed E-state index contributed by atoms with van der Waals surface area (Å²) in [4.78, 5) is 4.44. The molecule has 0 radical (unpaired) electrons. The summed E-state index contributed by atoms with van der Waals surface area (Å²) in [5.74, 6) is 0.397. The van der Waals surface area contributed by atoms with Crippen molar-refractivity contribution in [3.63, 3.8) is 0 Å². The quantitative estimate of drug-likeness (QED) is 0.521. The van der Waals surface area contributed by atoms with E-state index in [1.54, 1.807) is 0 Å². The van der Waals surface area contributed by atoms with Gasteiger partial charge in [-0.25, -0.2) is 9.37 Å². The summed E-state index contributed by atoms with van der Waals surface area (Å²) in [5, 5.41) is 0.0548. The summed E-state index contributed by atoms with van der Waals surface area (Å²) in [6, 6.07) is 8.80. The largest absolute Gasteiger partial charge is 0.295 e. The van der Waals surface area contributed by atoms with Crippen molar-refractivity contribution in [3.8, 4) is 5.69 Å². The Kier molecular flexibility index (Phi) is 3.95. The molecule has 1 aromatic heterocycles. The number of hydrogen-bond acceptors (Lipinski definition) is 1. The zero-order valence-corrected chi connectivity index (χ0v) is 14.1. The van der Waals surface area contributed by atoms with E-state index >= 15 is 0 Å². The van der Waals surface area contributed by atoms with Crippen molar-refractivity contribution in [1.82, 2.24) is 9.55 Å². The van der Waals surface area contributed by atoms with E-state index in [2.05, 4.69) is 20.9 Å². The van der Waals surface area contributed by atoms with Gasteiger partial charge in [0.05, 0.1) is 27.6 Å². The standard InChI is InChI=1S/C15H10BrCl2FN2/c1-8-2-3-9(16)4-13(8)21-14-6-11(19)10(18)5-12(14)20-15(21)7-17/h2-6H,7H2,1H3. The first-order valence-corrected chi connectivity index (χ1v) is 7.90. The maximum atomic E-state index is 13.8.